The van der Waals surface area contributed by atoms with E-state index in [1.165, 1.54) is 18.4 Å². The topological polar surface area (TPSA) is 26.8 Å². The maximum absolute atomic E-state index is 12.5. The van der Waals surface area contributed by atoms with E-state index in [4.69, 9.17) is 0 Å². The summed E-state index contributed by atoms with van der Waals surface area (Å²) in [5, 5.41) is 0. The molecular weight excluding hydrogens is 310 g/mol. The van der Waals surface area contributed by atoms with Crippen molar-refractivity contribution in [2.45, 2.75) is 19.8 Å². The Bertz CT molecular complexity index is 556. The molecule has 4 heteroatoms. The Labute approximate surface area is 152 Å². The van der Waals surface area contributed by atoms with E-state index in [1.807, 2.05) is 6.07 Å². The van der Waals surface area contributed by atoms with Gasteiger partial charge in [-0.1, -0.05) is 49.4 Å². The van der Waals surface area contributed by atoms with Crippen LogP contribution >= 0.6 is 0 Å². The zero-order chi connectivity index (χ0) is 17.5. The minimum absolute atomic E-state index is 0.314. The van der Waals surface area contributed by atoms with Crippen LogP contribution in [0.2, 0.25) is 0 Å². The average molecular weight is 341 g/mol. The summed E-state index contributed by atoms with van der Waals surface area (Å²) < 4.78 is 0. The number of piperazine rings is 1. The van der Waals surface area contributed by atoms with Crippen LogP contribution in [0.5, 0.6) is 0 Å². The van der Waals surface area contributed by atoms with Gasteiger partial charge in [-0.3, -0.25) is 14.6 Å². The van der Waals surface area contributed by atoms with Crippen molar-refractivity contribution in [3.63, 3.8) is 0 Å². The summed E-state index contributed by atoms with van der Waals surface area (Å²) in [6.45, 7) is 9.72. The summed E-state index contributed by atoms with van der Waals surface area (Å²) in [5.74, 6) is 1.13. The molecule has 2 aliphatic heterocycles. The molecule has 0 aromatic heterocycles. The van der Waals surface area contributed by atoms with Gasteiger partial charge < -0.3 is 4.90 Å². The van der Waals surface area contributed by atoms with Crippen LogP contribution in [0.25, 0.3) is 6.08 Å². The fourth-order valence-electron chi connectivity index (χ4n) is 3.59. The number of likely N-dealkylation sites (tertiary alicyclic amines) is 1. The maximum atomic E-state index is 12.5. The van der Waals surface area contributed by atoms with E-state index >= 15 is 0 Å². The van der Waals surface area contributed by atoms with Crippen LogP contribution < -0.4 is 0 Å². The van der Waals surface area contributed by atoms with E-state index in [2.05, 4.69) is 58.0 Å². The molecule has 0 radical (unpaired) electrons. The highest BCUT2D eigenvalue weighted by Gasteiger charge is 2.23. The Morgan fingerprint density at radius 1 is 1.00 bits per heavy atom. The fourth-order valence-corrected chi connectivity index (χ4v) is 3.59. The molecule has 1 amide bonds. The van der Waals surface area contributed by atoms with E-state index in [0.717, 1.165) is 51.7 Å². The van der Waals surface area contributed by atoms with Gasteiger partial charge in [0, 0.05) is 32.7 Å². The van der Waals surface area contributed by atoms with E-state index in [9.17, 15) is 4.79 Å². The highest BCUT2D eigenvalue weighted by molar-refractivity contribution is 5.78. The smallest absolute Gasteiger partial charge is 0.236 e. The van der Waals surface area contributed by atoms with E-state index < -0.39 is 0 Å². The average Bonchev–Trinajstić information content (AvgIpc) is 2.65. The Balaban J connectivity index is 1.36. The molecule has 2 saturated heterocycles. The second-order valence-corrected chi connectivity index (χ2v) is 7.45. The summed E-state index contributed by atoms with van der Waals surface area (Å²) in [6.07, 6.45) is 6.86. The van der Waals surface area contributed by atoms with Crippen LogP contribution in [0.3, 0.4) is 0 Å². The minimum atomic E-state index is 0.314. The molecule has 2 aliphatic rings. The molecule has 0 bridgehead atoms. The summed E-state index contributed by atoms with van der Waals surface area (Å²) in [4.78, 5) is 19.3. The lowest BCUT2D eigenvalue weighted by molar-refractivity contribution is -0.134. The van der Waals surface area contributed by atoms with Crippen LogP contribution in [-0.4, -0.2) is 73.0 Å². The number of nitrogens with zero attached hydrogens (tertiary/aromatic N) is 3. The van der Waals surface area contributed by atoms with Gasteiger partial charge in [-0.15, -0.1) is 0 Å². The van der Waals surface area contributed by atoms with Gasteiger partial charge >= 0.3 is 0 Å². The fraction of sp³-hybridized carbons (Fsp3) is 0.571. The molecule has 0 saturated carbocycles. The lowest BCUT2D eigenvalue weighted by Crippen LogP contribution is -2.51. The number of amides is 1. The predicted octanol–water partition coefficient (Wildman–Crippen LogP) is 2.58. The lowest BCUT2D eigenvalue weighted by atomic mass is 9.99. The molecule has 0 spiro atoms. The Kier molecular flexibility index (Phi) is 6.65. The molecular formula is C21H31N3O. The first kappa shape index (κ1) is 18.2. The largest absolute Gasteiger partial charge is 0.339 e. The number of hydrogen-bond donors (Lipinski definition) is 0. The van der Waals surface area contributed by atoms with Gasteiger partial charge in [0.2, 0.25) is 5.91 Å². The molecule has 0 N–H and O–H groups in total. The van der Waals surface area contributed by atoms with Crippen molar-refractivity contribution in [2.75, 3.05) is 52.4 Å². The van der Waals surface area contributed by atoms with Crippen molar-refractivity contribution in [1.82, 2.24) is 14.7 Å². The van der Waals surface area contributed by atoms with Crippen LogP contribution in [0, 0.1) is 5.92 Å². The Morgan fingerprint density at radius 2 is 1.68 bits per heavy atom. The van der Waals surface area contributed by atoms with Gasteiger partial charge in [-0.05, 0) is 37.4 Å². The molecule has 2 heterocycles. The van der Waals surface area contributed by atoms with E-state index in [1.54, 1.807) is 0 Å². The summed E-state index contributed by atoms with van der Waals surface area (Å²) in [7, 11) is 0. The zero-order valence-corrected chi connectivity index (χ0v) is 15.4. The monoisotopic (exact) mass is 341 g/mol. The first-order valence-corrected chi connectivity index (χ1v) is 9.65. The standard InChI is InChI=1S/C21H31N3O/c1-19-9-12-23(13-10-19)18-21(25)24-16-14-22(15-17-24)11-5-8-20-6-3-2-4-7-20/h2-8,19H,9-18H2,1H3/b8-5+. The third kappa shape index (κ3) is 5.68. The van der Waals surface area contributed by atoms with Crippen molar-refractivity contribution in [3.05, 3.63) is 42.0 Å². The molecule has 136 valence electrons. The summed E-state index contributed by atoms with van der Waals surface area (Å²) in [5.41, 5.74) is 1.24. The SMILES string of the molecule is CC1CCN(CC(=O)N2CCN(C/C=C/c3ccccc3)CC2)CC1. The molecule has 4 nitrogen and oxygen atoms in total. The van der Waals surface area contributed by atoms with Crippen molar-refractivity contribution in [2.24, 2.45) is 5.92 Å². The maximum Gasteiger partial charge on any atom is 0.236 e. The van der Waals surface area contributed by atoms with E-state index in [-0.39, 0.29) is 0 Å². The third-order valence-corrected chi connectivity index (χ3v) is 5.43. The quantitative estimate of drug-likeness (QED) is 0.824. The van der Waals surface area contributed by atoms with Crippen molar-refractivity contribution in [3.8, 4) is 0 Å². The highest BCUT2D eigenvalue weighted by atomic mass is 16.2. The van der Waals surface area contributed by atoms with E-state index in [0.29, 0.717) is 12.5 Å². The Morgan fingerprint density at radius 3 is 2.36 bits per heavy atom. The second-order valence-electron chi connectivity index (χ2n) is 7.45. The van der Waals surface area contributed by atoms with Crippen molar-refractivity contribution >= 4 is 12.0 Å². The number of hydrogen-bond acceptors (Lipinski definition) is 3. The summed E-state index contributed by atoms with van der Waals surface area (Å²) in [6, 6.07) is 10.4. The molecule has 0 aliphatic carbocycles. The third-order valence-electron chi connectivity index (χ3n) is 5.43. The first-order valence-electron chi connectivity index (χ1n) is 9.65. The molecule has 3 rings (SSSR count). The number of carbonyl (C=O) groups is 1. The molecule has 0 unspecified atom stereocenters. The van der Waals surface area contributed by atoms with Gasteiger partial charge in [0.15, 0.2) is 0 Å². The molecule has 0 atom stereocenters. The van der Waals surface area contributed by atoms with Gasteiger partial charge in [-0.2, -0.15) is 0 Å². The lowest BCUT2D eigenvalue weighted by Gasteiger charge is -2.36. The zero-order valence-electron chi connectivity index (χ0n) is 15.4. The number of rotatable bonds is 5. The van der Waals surface area contributed by atoms with Crippen molar-refractivity contribution in [1.29, 1.82) is 0 Å². The van der Waals surface area contributed by atoms with Gasteiger partial charge in [0.1, 0.15) is 0 Å². The normalized spacial score (nSPS) is 21.1. The second kappa shape index (κ2) is 9.16. The van der Waals surface area contributed by atoms with Gasteiger partial charge in [0.25, 0.3) is 0 Å². The number of benzene rings is 1. The number of piperidine rings is 1. The minimum Gasteiger partial charge on any atom is -0.339 e. The van der Waals surface area contributed by atoms with Gasteiger partial charge in [0.05, 0.1) is 6.54 Å². The molecule has 25 heavy (non-hydrogen) atoms. The van der Waals surface area contributed by atoms with Crippen molar-refractivity contribution < 1.29 is 4.79 Å². The van der Waals surface area contributed by atoms with Crippen LogP contribution in [0.15, 0.2) is 36.4 Å². The number of carbonyl (C=O) groups excluding carboxylic acids is 1. The Hall–Kier alpha value is -1.65. The molecule has 1 aromatic carbocycles. The summed E-state index contributed by atoms with van der Waals surface area (Å²) >= 11 is 0. The molecule has 2 fully saturated rings. The predicted molar refractivity (Wildman–Crippen MR) is 103 cm³/mol. The van der Waals surface area contributed by atoms with Crippen LogP contribution in [-0.2, 0) is 4.79 Å². The highest BCUT2D eigenvalue weighted by Crippen LogP contribution is 2.16. The van der Waals surface area contributed by atoms with Gasteiger partial charge in [-0.25, -0.2) is 0 Å². The first-order chi connectivity index (χ1) is 12.2. The molecule has 1 aromatic rings. The van der Waals surface area contributed by atoms with Crippen LogP contribution in [0.4, 0.5) is 0 Å². The van der Waals surface area contributed by atoms with Crippen LogP contribution in [0.1, 0.15) is 25.3 Å².